The summed E-state index contributed by atoms with van der Waals surface area (Å²) in [5, 5.41) is 0. The van der Waals surface area contributed by atoms with Crippen molar-refractivity contribution in [2.75, 3.05) is 0 Å². The minimum atomic E-state index is 0.858. The molecule has 0 amide bonds. The highest BCUT2D eigenvalue weighted by Gasteiger charge is 1.99. The van der Waals surface area contributed by atoms with Crippen LogP contribution in [0, 0.1) is 0 Å². The van der Waals surface area contributed by atoms with Gasteiger partial charge in [-0.2, -0.15) is 0 Å². The quantitative estimate of drug-likeness (QED) is 0.618. The zero-order chi connectivity index (χ0) is 12.2. The van der Waals surface area contributed by atoms with Crippen LogP contribution in [0.4, 0.5) is 0 Å². The van der Waals surface area contributed by atoms with E-state index in [2.05, 4.69) is 9.98 Å². The summed E-state index contributed by atoms with van der Waals surface area (Å²) in [6.45, 7) is 7.81. The van der Waals surface area contributed by atoms with E-state index in [0.29, 0.717) is 0 Å². The van der Waals surface area contributed by atoms with Crippen LogP contribution in [-0.4, -0.2) is 11.4 Å². The van der Waals surface area contributed by atoms with Gasteiger partial charge in [-0.15, -0.1) is 0 Å². The molecule has 0 bridgehead atoms. The van der Waals surface area contributed by atoms with Crippen LogP contribution in [0.15, 0.2) is 58.8 Å². The Kier molecular flexibility index (Phi) is 8.79. The van der Waals surface area contributed by atoms with Gasteiger partial charge in [-0.25, -0.2) is 0 Å². The fourth-order valence-electron chi connectivity index (χ4n) is 1.01. The minimum Gasteiger partial charge on any atom is -0.255 e. The van der Waals surface area contributed by atoms with Crippen molar-refractivity contribution in [3.8, 4) is 0 Å². The van der Waals surface area contributed by atoms with Crippen molar-refractivity contribution in [2.24, 2.45) is 9.98 Å². The summed E-state index contributed by atoms with van der Waals surface area (Å²) in [6.07, 6.45) is 15.1. The lowest BCUT2D eigenvalue weighted by Crippen LogP contribution is -2.08. The van der Waals surface area contributed by atoms with Crippen molar-refractivity contribution < 1.29 is 0 Å². The van der Waals surface area contributed by atoms with Crippen LogP contribution >= 0.6 is 0 Å². The van der Waals surface area contributed by atoms with E-state index in [1.54, 1.807) is 12.4 Å². The fraction of sp³-hybridized carbons (Fsp3) is 0.286. The van der Waals surface area contributed by atoms with E-state index >= 15 is 0 Å². The summed E-state index contributed by atoms with van der Waals surface area (Å²) in [6, 6.07) is 0. The predicted octanol–water partition coefficient (Wildman–Crippen LogP) is 4.09. The molecule has 0 rings (SSSR count). The first kappa shape index (κ1) is 14.3. The van der Waals surface area contributed by atoms with E-state index < -0.39 is 0 Å². The third kappa shape index (κ3) is 5.91. The van der Waals surface area contributed by atoms with Gasteiger partial charge < -0.3 is 0 Å². The highest BCUT2D eigenvalue weighted by molar-refractivity contribution is 6.50. The van der Waals surface area contributed by atoms with E-state index in [9.17, 15) is 0 Å². The monoisotopic (exact) mass is 216 g/mol. The molecule has 0 aromatic rings. The van der Waals surface area contributed by atoms with Crippen LogP contribution in [-0.2, 0) is 0 Å². The van der Waals surface area contributed by atoms with Crippen LogP contribution in [0.2, 0.25) is 0 Å². The topological polar surface area (TPSA) is 24.7 Å². The molecule has 16 heavy (non-hydrogen) atoms. The number of hydrogen-bond acceptors (Lipinski definition) is 2. The van der Waals surface area contributed by atoms with Crippen molar-refractivity contribution in [3.05, 3.63) is 48.9 Å². The molecule has 0 aliphatic carbocycles. The summed E-state index contributed by atoms with van der Waals surface area (Å²) in [4.78, 5) is 8.67. The first-order valence-electron chi connectivity index (χ1n) is 5.43. The highest BCUT2D eigenvalue weighted by Crippen LogP contribution is 1.95. The van der Waals surface area contributed by atoms with Gasteiger partial charge in [0, 0.05) is 12.4 Å². The third-order valence-electron chi connectivity index (χ3n) is 1.64. The van der Waals surface area contributed by atoms with Gasteiger partial charge in [0.25, 0.3) is 0 Å². The molecule has 0 N–H and O–H groups in total. The summed E-state index contributed by atoms with van der Waals surface area (Å²) in [7, 11) is 0. The Balaban J connectivity index is 5.25. The highest BCUT2D eigenvalue weighted by atomic mass is 14.8. The van der Waals surface area contributed by atoms with E-state index in [1.165, 1.54) is 0 Å². The first-order chi connectivity index (χ1) is 7.79. The number of allylic oxidation sites excluding steroid dienone is 6. The SMILES string of the molecule is C\C=C/N=C(/C=C\C)C(\C=C/C)=N\C=C/C. The van der Waals surface area contributed by atoms with E-state index in [1.807, 2.05) is 64.2 Å². The lowest BCUT2D eigenvalue weighted by Gasteiger charge is -1.98. The van der Waals surface area contributed by atoms with Crippen LogP contribution < -0.4 is 0 Å². The zero-order valence-electron chi connectivity index (χ0n) is 10.5. The lowest BCUT2D eigenvalue weighted by atomic mass is 10.2. The lowest BCUT2D eigenvalue weighted by molar-refractivity contribution is 1.50. The largest absolute Gasteiger partial charge is 0.255 e. The molecule has 0 fully saturated rings. The second-order valence-electron chi connectivity index (χ2n) is 2.99. The number of aliphatic imine (C=N–C) groups is 2. The second-order valence-corrected chi connectivity index (χ2v) is 2.99. The average molecular weight is 216 g/mol. The molecule has 0 saturated heterocycles. The maximum atomic E-state index is 4.34. The maximum absolute atomic E-state index is 4.34. The minimum absolute atomic E-state index is 0.858. The van der Waals surface area contributed by atoms with Crippen molar-refractivity contribution in [2.45, 2.75) is 27.7 Å². The van der Waals surface area contributed by atoms with Crippen LogP contribution in [0.25, 0.3) is 0 Å². The van der Waals surface area contributed by atoms with Crippen molar-refractivity contribution in [1.29, 1.82) is 0 Å². The molecule has 0 unspecified atom stereocenters. The van der Waals surface area contributed by atoms with E-state index in [-0.39, 0.29) is 0 Å². The molecule has 0 atom stereocenters. The third-order valence-corrected chi connectivity index (χ3v) is 1.64. The maximum Gasteiger partial charge on any atom is 0.0882 e. The van der Waals surface area contributed by atoms with E-state index in [0.717, 1.165) is 11.4 Å². The van der Waals surface area contributed by atoms with Crippen molar-refractivity contribution >= 4 is 11.4 Å². The molecule has 0 radical (unpaired) electrons. The molecule has 0 aliphatic rings. The van der Waals surface area contributed by atoms with Crippen LogP contribution in [0.1, 0.15) is 27.7 Å². The Labute approximate surface area is 98.5 Å². The summed E-state index contributed by atoms with van der Waals surface area (Å²) in [5.41, 5.74) is 1.72. The van der Waals surface area contributed by atoms with E-state index in [4.69, 9.17) is 0 Å². The fourth-order valence-corrected chi connectivity index (χ4v) is 1.01. The van der Waals surface area contributed by atoms with Crippen molar-refractivity contribution in [3.63, 3.8) is 0 Å². The first-order valence-corrected chi connectivity index (χ1v) is 5.43. The van der Waals surface area contributed by atoms with Crippen LogP contribution in [0.5, 0.6) is 0 Å². The van der Waals surface area contributed by atoms with Gasteiger partial charge in [0.2, 0.25) is 0 Å². The van der Waals surface area contributed by atoms with Gasteiger partial charge in [0.05, 0.1) is 11.4 Å². The number of rotatable bonds is 5. The second kappa shape index (κ2) is 9.84. The van der Waals surface area contributed by atoms with Gasteiger partial charge in [-0.05, 0) is 39.8 Å². The Hall–Kier alpha value is -1.70. The molecule has 2 nitrogen and oxygen atoms in total. The van der Waals surface area contributed by atoms with Crippen molar-refractivity contribution in [1.82, 2.24) is 0 Å². The van der Waals surface area contributed by atoms with Gasteiger partial charge in [-0.1, -0.05) is 24.3 Å². The number of hydrogen-bond donors (Lipinski definition) is 0. The average Bonchev–Trinajstić information content (AvgIpc) is 2.30. The summed E-state index contributed by atoms with van der Waals surface area (Å²) < 4.78 is 0. The standard InChI is InChI=1S/C14H20N2/c1-5-9-13(15-11-7-3)14(10-6-2)16-12-8-4/h5-12H,1-4H3/b9-5-,10-6-,11-7-,12-8-,15-13-,16-14+. The summed E-state index contributed by atoms with van der Waals surface area (Å²) in [5.74, 6) is 0. The Bertz CT molecular complexity index is 317. The molecule has 2 heteroatoms. The molecule has 0 spiro atoms. The van der Waals surface area contributed by atoms with Gasteiger partial charge >= 0.3 is 0 Å². The molecular formula is C14H20N2. The Morgan fingerprint density at radius 1 is 0.625 bits per heavy atom. The molecular weight excluding hydrogens is 196 g/mol. The predicted molar refractivity (Wildman–Crippen MR) is 74.1 cm³/mol. The Morgan fingerprint density at radius 2 is 1.00 bits per heavy atom. The number of nitrogens with zero attached hydrogens (tertiary/aromatic N) is 2. The molecule has 0 aromatic carbocycles. The molecule has 0 saturated carbocycles. The van der Waals surface area contributed by atoms with Gasteiger partial charge in [0.15, 0.2) is 0 Å². The summed E-state index contributed by atoms with van der Waals surface area (Å²) >= 11 is 0. The smallest absolute Gasteiger partial charge is 0.0882 e. The van der Waals surface area contributed by atoms with Gasteiger partial charge in [0.1, 0.15) is 0 Å². The van der Waals surface area contributed by atoms with Crippen LogP contribution in [0.3, 0.4) is 0 Å². The molecule has 0 heterocycles. The van der Waals surface area contributed by atoms with Gasteiger partial charge in [-0.3, -0.25) is 9.98 Å². The normalized spacial score (nSPS) is 15.2. The zero-order valence-corrected chi connectivity index (χ0v) is 10.5. The molecule has 0 aliphatic heterocycles. The Morgan fingerprint density at radius 3 is 1.25 bits per heavy atom. The molecule has 86 valence electrons. The molecule has 0 aromatic heterocycles.